The number of rotatable bonds is 2. The van der Waals surface area contributed by atoms with Gasteiger partial charge in [-0.25, -0.2) is 0 Å². The molecule has 7 rings (SSSR count). The number of benzene rings is 3. The second-order valence-electron chi connectivity index (χ2n) is 8.85. The molecule has 0 radical (unpaired) electrons. The number of aromatic nitrogens is 1. The number of hydrogen-bond acceptors (Lipinski definition) is 1. The highest BCUT2D eigenvalue weighted by molar-refractivity contribution is 5.94. The Bertz CT molecular complexity index is 1430. The molecular formula is C30H24N2. The molecule has 2 unspecified atom stereocenters. The summed E-state index contributed by atoms with van der Waals surface area (Å²) in [5.74, 6) is 0.317. The largest absolute Gasteiger partial charge is 0.334 e. The maximum absolute atomic E-state index is 2.56. The van der Waals surface area contributed by atoms with Gasteiger partial charge in [0.1, 0.15) is 0 Å². The molecule has 2 nitrogen and oxygen atoms in total. The molecule has 2 atom stereocenters. The van der Waals surface area contributed by atoms with E-state index in [-0.39, 0.29) is 0 Å². The first-order valence-electron chi connectivity index (χ1n) is 11.5. The third-order valence-electron chi connectivity index (χ3n) is 7.15. The van der Waals surface area contributed by atoms with Crippen molar-refractivity contribution in [3.8, 4) is 5.69 Å². The molecule has 32 heavy (non-hydrogen) atoms. The molecule has 0 spiro atoms. The van der Waals surface area contributed by atoms with E-state index in [4.69, 9.17) is 0 Å². The average Bonchev–Trinajstić information content (AvgIpc) is 3.38. The number of allylic oxidation sites excluding steroid dienone is 3. The smallest absolute Gasteiger partial charge is 0.0637 e. The summed E-state index contributed by atoms with van der Waals surface area (Å²) in [6.45, 7) is 0. The van der Waals surface area contributed by atoms with Crippen LogP contribution in [0.2, 0.25) is 0 Å². The molecule has 3 aliphatic rings. The molecule has 0 bridgehead atoms. The van der Waals surface area contributed by atoms with E-state index < -0.39 is 0 Å². The summed E-state index contributed by atoms with van der Waals surface area (Å²) < 4.78 is 2.43. The molecule has 1 aromatic heterocycles. The van der Waals surface area contributed by atoms with Gasteiger partial charge in [-0.1, -0.05) is 72.8 Å². The fourth-order valence-corrected chi connectivity index (χ4v) is 5.90. The minimum Gasteiger partial charge on any atom is -0.334 e. The summed E-state index contributed by atoms with van der Waals surface area (Å²) in [4.78, 5) is 2.56. The lowest BCUT2D eigenvalue weighted by molar-refractivity contribution is 0.708. The van der Waals surface area contributed by atoms with Crippen LogP contribution >= 0.6 is 0 Å². The van der Waals surface area contributed by atoms with E-state index in [2.05, 4.69) is 119 Å². The van der Waals surface area contributed by atoms with Gasteiger partial charge in [0, 0.05) is 28.4 Å². The van der Waals surface area contributed by atoms with Gasteiger partial charge in [-0.15, -0.1) is 0 Å². The van der Waals surface area contributed by atoms with Crippen LogP contribution in [0.3, 0.4) is 0 Å². The van der Waals surface area contributed by atoms with E-state index in [0.717, 1.165) is 12.8 Å². The summed E-state index contributed by atoms with van der Waals surface area (Å²) in [7, 11) is 0. The lowest BCUT2D eigenvalue weighted by Gasteiger charge is -2.32. The van der Waals surface area contributed by atoms with Crippen LogP contribution in [0.15, 0.2) is 109 Å². The summed E-state index contributed by atoms with van der Waals surface area (Å²) in [5, 5.41) is 1.36. The lowest BCUT2D eigenvalue weighted by Crippen LogP contribution is -2.33. The van der Waals surface area contributed by atoms with Crippen molar-refractivity contribution in [3.05, 3.63) is 126 Å². The standard InChI is InChI=1S/C30H24N2/c1-3-11-21(12-4-1)31-25-17-9-7-15-23(25)29-27(31)19-20-28-30(29)24-16-8-10-18-26(24)32(28)22-13-5-2-6-14-22/h1,3-5,7-20,28,30H,2,6H2. The van der Waals surface area contributed by atoms with Crippen LogP contribution in [0.4, 0.5) is 5.69 Å². The molecule has 0 amide bonds. The Balaban J connectivity index is 1.51. The Labute approximate surface area is 188 Å². The molecule has 2 aliphatic carbocycles. The molecule has 1 aliphatic heterocycles. The number of anilines is 1. The quantitative estimate of drug-likeness (QED) is 0.338. The van der Waals surface area contributed by atoms with Gasteiger partial charge in [0.15, 0.2) is 0 Å². The SMILES string of the molecule is C1=CC(N2c3ccccc3C3c4c(n(-c5ccccc5)c5ccccc45)C=CC32)=CCC1. The predicted octanol–water partition coefficient (Wildman–Crippen LogP) is 7.21. The zero-order valence-corrected chi connectivity index (χ0v) is 17.9. The van der Waals surface area contributed by atoms with Gasteiger partial charge in [0.2, 0.25) is 0 Å². The van der Waals surface area contributed by atoms with Crippen molar-refractivity contribution in [1.29, 1.82) is 0 Å². The Hall–Kier alpha value is -3.78. The Morgan fingerprint density at radius 2 is 1.56 bits per heavy atom. The van der Waals surface area contributed by atoms with E-state index in [1.165, 1.54) is 44.8 Å². The monoisotopic (exact) mass is 412 g/mol. The third kappa shape index (κ3) is 2.41. The van der Waals surface area contributed by atoms with Crippen molar-refractivity contribution < 1.29 is 0 Å². The number of nitrogens with zero attached hydrogens (tertiary/aromatic N) is 2. The van der Waals surface area contributed by atoms with Crippen molar-refractivity contribution >= 4 is 22.7 Å². The zero-order chi connectivity index (χ0) is 21.1. The summed E-state index contributed by atoms with van der Waals surface area (Å²) in [6.07, 6.45) is 14.0. The van der Waals surface area contributed by atoms with Crippen molar-refractivity contribution in [2.45, 2.75) is 24.8 Å². The second kappa shape index (κ2) is 6.86. The Kier molecular flexibility index (Phi) is 3.83. The van der Waals surface area contributed by atoms with Crippen molar-refractivity contribution in [2.75, 3.05) is 4.90 Å². The minimum atomic E-state index is 0.295. The number of para-hydroxylation sites is 3. The van der Waals surface area contributed by atoms with Crippen LogP contribution in [-0.2, 0) is 0 Å². The van der Waals surface area contributed by atoms with Crippen molar-refractivity contribution in [2.24, 2.45) is 0 Å². The van der Waals surface area contributed by atoms with Crippen LogP contribution in [-0.4, -0.2) is 10.6 Å². The molecule has 4 aromatic rings. The summed E-state index contributed by atoms with van der Waals surface area (Å²) in [6, 6.07) is 28.9. The molecular weight excluding hydrogens is 388 g/mol. The maximum atomic E-state index is 2.56. The lowest BCUT2D eigenvalue weighted by atomic mass is 9.82. The van der Waals surface area contributed by atoms with Gasteiger partial charge >= 0.3 is 0 Å². The molecule has 3 aromatic carbocycles. The predicted molar refractivity (Wildman–Crippen MR) is 133 cm³/mol. The third-order valence-corrected chi connectivity index (χ3v) is 7.15. The average molecular weight is 413 g/mol. The van der Waals surface area contributed by atoms with Crippen LogP contribution in [0.5, 0.6) is 0 Å². The Morgan fingerprint density at radius 1 is 0.750 bits per heavy atom. The first-order chi connectivity index (χ1) is 15.9. The van der Waals surface area contributed by atoms with Gasteiger partial charge in [-0.3, -0.25) is 0 Å². The minimum absolute atomic E-state index is 0.295. The van der Waals surface area contributed by atoms with E-state index >= 15 is 0 Å². The van der Waals surface area contributed by atoms with Crippen LogP contribution < -0.4 is 4.90 Å². The van der Waals surface area contributed by atoms with Gasteiger partial charge < -0.3 is 9.47 Å². The highest BCUT2D eigenvalue weighted by Crippen LogP contribution is 2.52. The van der Waals surface area contributed by atoms with E-state index in [9.17, 15) is 0 Å². The van der Waals surface area contributed by atoms with Gasteiger partial charge in [0.25, 0.3) is 0 Å². The second-order valence-corrected chi connectivity index (χ2v) is 8.85. The molecule has 0 saturated carbocycles. The van der Waals surface area contributed by atoms with Crippen molar-refractivity contribution in [1.82, 2.24) is 4.57 Å². The summed E-state index contributed by atoms with van der Waals surface area (Å²) in [5.41, 5.74) is 9.36. The maximum Gasteiger partial charge on any atom is 0.0637 e. The first kappa shape index (κ1) is 17.9. The van der Waals surface area contributed by atoms with Crippen LogP contribution in [0, 0.1) is 0 Å². The molecule has 0 saturated heterocycles. The molecule has 2 heterocycles. The van der Waals surface area contributed by atoms with Gasteiger partial charge in [0.05, 0.1) is 17.3 Å². The normalized spacial score (nSPS) is 20.8. The summed E-state index contributed by atoms with van der Waals surface area (Å²) >= 11 is 0. The van der Waals surface area contributed by atoms with Crippen LogP contribution in [0.1, 0.15) is 35.6 Å². The highest BCUT2D eigenvalue weighted by Gasteiger charge is 2.43. The fourth-order valence-electron chi connectivity index (χ4n) is 5.90. The van der Waals surface area contributed by atoms with Gasteiger partial charge in [-0.05, 0) is 60.4 Å². The molecule has 2 heteroatoms. The number of hydrogen-bond donors (Lipinski definition) is 0. The molecule has 0 fully saturated rings. The zero-order valence-electron chi connectivity index (χ0n) is 17.9. The Morgan fingerprint density at radius 3 is 2.44 bits per heavy atom. The van der Waals surface area contributed by atoms with E-state index in [1.54, 1.807) is 0 Å². The number of fused-ring (bicyclic) bond motifs is 7. The molecule has 0 N–H and O–H groups in total. The van der Waals surface area contributed by atoms with E-state index in [1.807, 2.05) is 0 Å². The van der Waals surface area contributed by atoms with Gasteiger partial charge in [-0.2, -0.15) is 0 Å². The van der Waals surface area contributed by atoms with Crippen molar-refractivity contribution in [3.63, 3.8) is 0 Å². The topological polar surface area (TPSA) is 8.17 Å². The fraction of sp³-hybridized carbons (Fsp3) is 0.133. The van der Waals surface area contributed by atoms with E-state index in [0.29, 0.717) is 12.0 Å². The molecule has 154 valence electrons. The highest BCUT2D eigenvalue weighted by atomic mass is 15.2. The first-order valence-corrected chi connectivity index (χ1v) is 11.5. The van der Waals surface area contributed by atoms with Crippen LogP contribution in [0.25, 0.3) is 22.7 Å².